The second-order valence-corrected chi connectivity index (χ2v) is 9.40. The first-order chi connectivity index (χ1) is 17.7. The average Bonchev–Trinajstić information content (AvgIpc) is 2.92. The molecule has 0 radical (unpaired) electrons. The van der Waals surface area contributed by atoms with Gasteiger partial charge in [-0.3, -0.25) is 4.79 Å². The van der Waals surface area contributed by atoms with E-state index in [4.69, 9.17) is 14.2 Å². The van der Waals surface area contributed by atoms with Gasteiger partial charge >= 0.3 is 0 Å². The van der Waals surface area contributed by atoms with Crippen LogP contribution in [0.15, 0.2) is 24.5 Å². The highest BCUT2D eigenvalue weighted by Crippen LogP contribution is 2.38. The van der Waals surface area contributed by atoms with E-state index < -0.39 is 0 Å². The van der Waals surface area contributed by atoms with Gasteiger partial charge in [0, 0.05) is 36.7 Å². The number of benzene rings is 1. The third-order valence-electron chi connectivity index (χ3n) is 7.04. The van der Waals surface area contributed by atoms with E-state index in [1.165, 1.54) is 0 Å². The predicted molar refractivity (Wildman–Crippen MR) is 131 cm³/mol. The molecule has 1 aliphatic carbocycles. The van der Waals surface area contributed by atoms with Gasteiger partial charge in [-0.25, -0.2) is 19.9 Å². The number of fused-ring (bicyclic) bond motifs is 4. The molecule has 0 saturated heterocycles. The zero-order valence-electron chi connectivity index (χ0n) is 20.1. The summed E-state index contributed by atoms with van der Waals surface area (Å²) in [6.07, 6.45) is 8.51. The van der Waals surface area contributed by atoms with E-state index in [2.05, 4.69) is 35.9 Å². The van der Waals surface area contributed by atoms with Crippen LogP contribution in [0.2, 0.25) is 0 Å². The maximum atomic E-state index is 11.5. The van der Waals surface area contributed by atoms with Crippen LogP contribution in [0.1, 0.15) is 49.4 Å². The van der Waals surface area contributed by atoms with Gasteiger partial charge in [0.2, 0.25) is 5.88 Å². The zero-order valence-corrected chi connectivity index (χ0v) is 20.1. The zero-order chi connectivity index (χ0) is 24.5. The second kappa shape index (κ2) is 9.82. The summed E-state index contributed by atoms with van der Waals surface area (Å²) in [5.74, 6) is 1.93. The van der Waals surface area contributed by atoms with Crippen molar-refractivity contribution in [3.63, 3.8) is 0 Å². The van der Waals surface area contributed by atoms with Gasteiger partial charge in [-0.2, -0.15) is 0 Å². The van der Waals surface area contributed by atoms with Gasteiger partial charge in [0.1, 0.15) is 11.3 Å². The second-order valence-electron chi connectivity index (χ2n) is 9.40. The molecule has 11 nitrogen and oxygen atoms in total. The minimum atomic E-state index is -0.209. The molecule has 3 aliphatic rings. The van der Waals surface area contributed by atoms with Crippen molar-refractivity contribution in [3.8, 4) is 17.5 Å². The van der Waals surface area contributed by atoms with Gasteiger partial charge < -0.3 is 30.2 Å². The predicted octanol–water partition coefficient (Wildman–Crippen LogP) is 2.27. The lowest BCUT2D eigenvalue weighted by Gasteiger charge is -2.35. The smallest absolute Gasteiger partial charge is 0.263 e. The highest BCUT2D eigenvalue weighted by atomic mass is 16.5. The normalized spacial score (nSPS) is 23.1. The molecule has 0 spiro atoms. The molecule has 1 unspecified atom stereocenters. The fourth-order valence-corrected chi connectivity index (χ4v) is 5.21. The maximum absolute atomic E-state index is 11.5. The first kappa shape index (κ1) is 22.9. The van der Waals surface area contributed by atoms with Crippen molar-refractivity contribution in [3.05, 3.63) is 35.8 Å². The van der Waals surface area contributed by atoms with Gasteiger partial charge in [0.05, 0.1) is 37.3 Å². The van der Waals surface area contributed by atoms with Crippen molar-refractivity contribution < 1.29 is 19.0 Å². The molecule has 3 aromatic rings. The number of anilines is 1. The van der Waals surface area contributed by atoms with Crippen LogP contribution in [0.3, 0.4) is 0 Å². The molecule has 11 heteroatoms. The fraction of sp³-hybridized carbons (Fsp3) is 0.480. The summed E-state index contributed by atoms with van der Waals surface area (Å²) in [5.41, 5.74) is 3.54. The highest BCUT2D eigenvalue weighted by molar-refractivity contribution is 5.93. The number of ether oxygens (including phenoxy) is 3. The molecular weight excluding hydrogens is 462 g/mol. The summed E-state index contributed by atoms with van der Waals surface area (Å²) in [7, 11) is 1.61. The molecule has 1 saturated carbocycles. The van der Waals surface area contributed by atoms with E-state index >= 15 is 0 Å². The van der Waals surface area contributed by atoms with Crippen LogP contribution >= 0.6 is 0 Å². The molecule has 0 bridgehead atoms. The van der Waals surface area contributed by atoms with Crippen molar-refractivity contribution in [1.82, 2.24) is 30.6 Å². The molecule has 1 fully saturated rings. The quantitative estimate of drug-likeness (QED) is 0.472. The largest absolute Gasteiger partial charge is 0.493 e. The lowest BCUT2D eigenvalue weighted by atomic mass is 9.89. The highest BCUT2D eigenvalue weighted by Gasteiger charge is 2.29. The number of carbonyl (C=O) groups excluding carboxylic acids is 1. The number of rotatable bonds is 6. The fourth-order valence-electron chi connectivity index (χ4n) is 5.21. The number of hydrogen-bond donors (Lipinski definition) is 3. The Morgan fingerprint density at radius 1 is 1.06 bits per heavy atom. The number of carbonyl (C=O) groups is 1. The molecule has 2 aromatic heterocycles. The number of aromatic nitrogens is 4. The molecule has 188 valence electrons. The summed E-state index contributed by atoms with van der Waals surface area (Å²) in [4.78, 5) is 29.5. The average molecular weight is 492 g/mol. The molecule has 3 N–H and O–H groups in total. The van der Waals surface area contributed by atoms with Crippen molar-refractivity contribution in [2.45, 2.75) is 56.8 Å². The SMILES string of the molecule is COc1cnc2ccc3c(c2n1)C(NC1CCC(NCc2cnc4c(n2)NC(=O)CO4)CC1)CCO3. The van der Waals surface area contributed by atoms with Gasteiger partial charge in [0.15, 0.2) is 12.4 Å². The number of nitrogens with one attached hydrogen (secondary N) is 3. The molecular formula is C25H29N7O4. The Hall–Kier alpha value is -3.57. The summed E-state index contributed by atoms with van der Waals surface area (Å²) < 4.78 is 16.6. The molecule has 1 aromatic carbocycles. The van der Waals surface area contributed by atoms with E-state index in [-0.39, 0.29) is 18.6 Å². The maximum Gasteiger partial charge on any atom is 0.263 e. The number of methoxy groups -OCH3 is 1. The topological polar surface area (TPSA) is 132 Å². The monoisotopic (exact) mass is 491 g/mol. The van der Waals surface area contributed by atoms with Crippen molar-refractivity contribution in [1.29, 1.82) is 0 Å². The van der Waals surface area contributed by atoms with E-state index in [0.29, 0.717) is 42.8 Å². The lowest BCUT2D eigenvalue weighted by Crippen LogP contribution is -2.42. The number of nitrogens with zero attached hydrogens (tertiary/aromatic N) is 4. The molecule has 4 heterocycles. The van der Waals surface area contributed by atoms with Gasteiger partial charge in [0.25, 0.3) is 11.8 Å². The summed E-state index contributed by atoms with van der Waals surface area (Å²) in [5, 5.41) is 10.2. The Labute approximate surface area is 208 Å². The van der Waals surface area contributed by atoms with E-state index in [1.807, 2.05) is 12.1 Å². The van der Waals surface area contributed by atoms with Crippen LogP contribution in [0.4, 0.5) is 5.82 Å². The Bertz CT molecular complexity index is 1270. The van der Waals surface area contributed by atoms with Crippen molar-refractivity contribution in [2.24, 2.45) is 0 Å². The molecule has 6 rings (SSSR count). The van der Waals surface area contributed by atoms with Gasteiger partial charge in [-0.1, -0.05) is 0 Å². The van der Waals surface area contributed by atoms with E-state index in [9.17, 15) is 4.79 Å². The summed E-state index contributed by atoms with van der Waals surface area (Å²) in [6.45, 7) is 1.25. The molecule has 36 heavy (non-hydrogen) atoms. The number of amides is 1. The first-order valence-electron chi connectivity index (χ1n) is 12.4. The molecule has 2 aliphatic heterocycles. The van der Waals surface area contributed by atoms with Crippen LogP contribution < -0.4 is 30.2 Å². The van der Waals surface area contributed by atoms with Crippen LogP contribution in [-0.2, 0) is 11.3 Å². The van der Waals surface area contributed by atoms with Gasteiger partial charge in [-0.05, 0) is 37.8 Å². The van der Waals surface area contributed by atoms with Gasteiger partial charge in [-0.15, -0.1) is 0 Å². The van der Waals surface area contributed by atoms with Crippen molar-refractivity contribution >= 4 is 22.8 Å². The first-order valence-corrected chi connectivity index (χ1v) is 12.4. The Morgan fingerprint density at radius 3 is 2.78 bits per heavy atom. The summed E-state index contributed by atoms with van der Waals surface area (Å²) >= 11 is 0. The van der Waals surface area contributed by atoms with Crippen LogP contribution in [-0.4, -0.2) is 58.3 Å². The van der Waals surface area contributed by atoms with Crippen molar-refractivity contribution in [2.75, 3.05) is 25.6 Å². The Balaban J connectivity index is 1.07. The third kappa shape index (κ3) is 4.63. The minimum absolute atomic E-state index is 0.0200. The Morgan fingerprint density at radius 2 is 1.92 bits per heavy atom. The Kier molecular flexibility index (Phi) is 6.24. The van der Waals surface area contributed by atoms with E-state index in [1.54, 1.807) is 19.5 Å². The molecule has 1 amide bonds. The third-order valence-corrected chi connectivity index (χ3v) is 7.04. The molecule has 1 atom stereocenters. The number of hydrogen-bond acceptors (Lipinski definition) is 10. The van der Waals surface area contributed by atoms with E-state index in [0.717, 1.165) is 60.1 Å². The standard InChI is InChI=1S/C25H29N7O4/c1-34-21-12-27-18-6-7-19-22(23(18)32-21)17(8-9-35-19)29-15-4-2-14(3-5-15)26-10-16-11-28-25-24(30-16)31-20(33)13-36-25/h6-7,11-12,14-15,17,26,29H,2-5,8-10,13H2,1H3,(H,30,31,33). The lowest BCUT2D eigenvalue weighted by molar-refractivity contribution is -0.118. The summed E-state index contributed by atoms with van der Waals surface area (Å²) in [6, 6.07) is 4.94. The minimum Gasteiger partial charge on any atom is -0.493 e. The van der Waals surface area contributed by atoms with Crippen LogP contribution in [0, 0.1) is 0 Å². The van der Waals surface area contributed by atoms with Crippen LogP contribution in [0.5, 0.6) is 17.5 Å². The van der Waals surface area contributed by atoms with Crippen LogP contribution in [0.25, 0.3) is 11.0 Å².